The molecule has 6 nitrogen and oxygen atoms in total. The summed E-state index contributed by atoms with van der Waals surface area (Å²) in [5.41, 5.74) is -0.526. The minimum atomic E-state index is -4.80. The third kappa shape index (κ3) is 8.79. The van der Waals surface area contributed by atoms with Gasteiger partial charge >= 0.3 is 12.3 Å². The molecule has 0 amide bonds. The van der Waals surface area contributed by atoms with E-state index in [4.69, 9.17) is 21.1 Å². The normalized spacial score (nSPS) is 15.2. The molecule has 0 N–H and O–H groups in total. The summed E-state index contributed by atoms with van der Waals surface area (Å²) in [5.74, 6) is -1.90. The van der Waals surface area contributed by atoms with Crippen LogP contribution in [-0.4, -0.2) is 42.5 Å². The van der Waals surface area contributed by atoms with E-state index in [1.807, 2.05) is 6.07 Å². The first-order valence-electron chi connectivity index (χ1n) is 11.6. The Morgan fingerprint density at radius 2 is 1.81 bits per heavy atom. The maximum Gasteiger partial charge on any atom is 0.573 e. The molecular weight excluding hydrogens is 516 g/mol. The lowest BCUT2D eigenvalue weighted by Gasteiger charge is -2.32. The highest BCUT2D eigenvalue weighted by Gasteiger charge is 2.31. The molecule has 1 saturated heterocycles. The van der Waals surface area contributed by atoms with E-state index >= 15 is 0 Å². The Hall–Kier alpha value is -3.03. The van der Waals surface area contributed by atoms with Crippen LogP contribution < -0.4 is 9.47 Å². The van der Waals surface area contributed by atoms with Gasteiger partial charge in [0.2, 0.25) is 0 Å². The minimum Gasteiger partial charge on any atom is -0.492 e. The van der Waals surface area contributed by atoms with Crippen molar-refractivity contribution < 1.29 is 36.6 Å². The fourth-order valence-electron chi connectivity index (χ4n) is 3.93. The van der Waals surface area contributed by atoms with Gasteiger partial charge in [-0.15, -0.1) is 13.2 Å². The van der Waals surface area contributed by atoms with Gasteiger partial charge in [-0.1, -0.05) is 11.6 Å². The number of nitrogens with zero attached hydrogens (tertiary/aromatic N) is 2. The molecule has 0 aliphatic carbocycles. The Balaban J connectivity index is 1.56. The van der Waals surface area contributed by atoms with E-state index in [0.29, 0.717) is 25.2 Å². The molecule has 0 aromatic heterocycles. The Bertz CT molecular complexity index is 1170. The van der Waals surface area contributed by atoms with E-state index in [1.165, 1.54) is 6.07 Å². The number of hydrogen-bond acceptors (Lipinski definition) is 6. The first-order valence-corrected chi connectivity index (χ1v) is 12.0. The Morgan fingerprint density at radius 3 is 2.41 bits per heavy atom. The first-order chi connectivity index (χ1) is 17.2. The summed E-state index contributed by atoms with van der Waals surface area (Å²) in [6.07, 6.45) is -3.34. The number of carbonyl (C=O) groups excluding carboxylic acids is 1. The van der Waals surface area contributed by atoms with Gasteiger partial charge in [0.25, 0.3) is 0 Å². The maximum absolute atomic E-state index is 14.6. The number of rotatable bonds is 7. The smallest absolute Gasteiger partial charge is 0.492 e. The number of nitriles is 1. The van der Waals surface area contributed by atoms with Crippen LogP contribution in [0.1, 0.15) is 55.1 Å². The van der Waals surface area contributed by atoms with Crippen molar-refractivity contribution in [3.05, 3.63) is 57.9 Å². The molecule has 1 heterocycles. The monoisotopic (exact) mass is 542 g/mol. The highest BCUT2D eigenvalue weighted by molar-refractivity contribution is 6.30. The summed E-state index contributed by atoms with van der Waals surface area (Å²) < 4.78 is 67.1. The van der Waals surface area contributed by atoms with Crippen molar-refractivity contribution in [3.63, 3.8) is 0 Å². The number of benzene rings is 2. The third-order valence-electron chi connectivity index (χ3n) is 5.56. The average molecular weight is 543 g/mol. The molecular formula is C26H27ClF4N2O4. The summed E-state index contributed by atoms with van der Waals surface area (Å²) in [5, 5.41) is 9.62. The van der Waals surface area contributed by atoms with Gasteiger partial charge in [0.05, 0.1) is 17.7 Å². The van der Waals surface area contributed by atoms with Crippen molar-refractivity contribution in [2.75, 3.05) is 19.7 Å². The summed E-state index contributed by atoms with van der Waals surface area (Å²) in [6, 6.07) is 8.10. The first kappa shape index (κ1) is 28.5. The molecule has 0 radical (unpaired) electrons. The molecule has 11 heteroatoms. The highest BCUT2D eigenvalue weighted by Crippen LogP contribution is 2.29. The largest absolute Gasteiger partial charge is 0.573 e. The van der Waals surface area contributed by atoms with E-state index in [-0.39, 0.29) is 40.2 Å². The number of ether oxygens (including phenoxy) is 3. The van der Waals surface area contributed by atoms with Crippen molar-refractivity contribution in [1.29, 1.82) is 5.26 Å². The van der Waals surface area contributed by atoms with Gasteiger partial charge < -0.3 is 14.2 Å². The lowest BCUT2D eigenvalue weighted by Crippen LogP contribution is -2.35. The van der Waals surface area contributed by atoms with Crippen LogP contribution in [0, 0.1) is 23.1 Å². The predicted octanol–water partition coefficient (Wildman–Crippen LogP) is 6.50. The SMILES string of the molecule is CC(C)(C)OC(=O)c1cc(C#N)c(OCC2CCN(Cc3cc(Cl)cc(OC(F)(F)F)c3)CC2)cc1F. The molecule has 37 heavy (non-hydrogen) atoms. The number of halogens is 5. The van der Waals surface area contributed by atoms with Crippen LogP contribution >= 0.6 is 11.6 Å². The highest BCUT2D eigenvalue weighted by atomic mass is 35.5. The van der Waals surface area contributed by atoms with Gasteiger partial charge in [-0.25, -0.2) is 9.18 Å². The summed E-state index contributed by atoms with van der Waals surface area (Å²) in [6.45, 7) is 6.94. The van der Waals surface area contributed by atoms with Crippen molar-refractivity contribution in [2.45, 2.75) is 52.1 Å². The van der Waals surface area contributed by atoms with Gasteiger partial charge in [0.1, 0.15) is 29.0 Å². The zero-order valence-corrected chi connectivity index (χ0v) is 21.4. The van der Waals surface area contributed by atoms with Crippen LogP contribution in [0.5, 0.6) is 11.5 Å². The molecule has 1 aliphatic heterocycles. The summed E-state index contributed by atoms with van der Waals surface area (Å²) in [4.78, 5) is 14.3. The minimum absolute atomic E-state index is 0.0255. The van der Waals surface area contributed by atoms with Crippen LogP contribution in [0.25, 0.3) is 0 Å². The molecule has 1 fully saturated rings. The zero-order chi connectivity index (χ0) is 27.4. The second-order valence-corrected chi connectivity index (χ2v) is 10.3. The molecule has 0 spiro atoms. The van der Waals surface area contributed by atoms with Gasteiger partial charge in [-0.3, -0.25) is 4.90 Å². The van der Waals surface area contributed by atoms with Crippen LogP contribution in [0.3, 0.4) is 0 Å². The fourth-order valence-corrected chi connectivity index (χ4v) is 4.18. The molecule has 3 rings (SSSR count). The van der Waals surface area contributed by atoms with Gasteiger partial charge in [-0.05, 0) is 82.4 Å². The van der Waals surface area contributed by atoms with E-state index in [0.717, 1.165) is 31.0 Å². The van der Waals surface area contributed by atoms with Gasteiger partial charge in [0.15, 0.2) is 0 Å². The van der Waals surface area contributed by atoms with Gasteiger partial charge in [-0.2, -0.15) is 5.26 Å². The molecule has 0 bridgehead atoms. The van der Waals surface area contributed by atoms with Crippen LogP contribution in [0.15, 0.2) is 30.3 Å². The van der Waals surface area contributed by atoms with Crippen molar-refractivity contribution in [3.8, 4) is 17.6 Å². The Morgan fingerprint density at radius 1 is 1.14 bits per heavy atom. The number of carbonyl (C=O) groups is 1. The Labute approximate surface area is 217 Å². The number of piperidine rings is 1. The standard InChI is InChI=1S/C26H27ClF4N2O4/c1-25(2,3)37-24(34)21-10-18(13-32)23(12-22(21)28)35-15-16-4-6-33(7-5-16)14-17-8-19(27)11-20(9-17)36-26(29,30)31/h8-12,16H,4-7,14-15H2,1-3H3. The molecule has 0 unspecified atom stereocenters. The van der Waals surface area contributed by atoms with Crippen molar-refractivity contribution >= 4 is 17.6 Å². The number of likely N-dealkylation sites (tertiary alicyclic amines) is 1. The zero-order valence-electron chi connectivity index (χ0n) is 20.6. The number of esters is 1. The Kier molecular flexibility index (Phi) is 8.92. The van der Waals surface area contributed by atoms with Crippen molar-refractivity contribution in [1.82, 2.24) is 4.90 Å². The van der Waals surface area contributed by atoms with Crippen LogP contribution in [0.4, 0.5) is 17.6 Å². The summed E-state index contributed by atoms with van der Waals surface area (Å²) in [7, 11) is 0. The average Bonchev–Trinajstić information content (AvgIpc) is 2.75. The topological polar surface area (TPSA) is 71.8 Å². The van der Waals surface area contributed by atoms with E-state index in [9.17, 15) is 27.6 Å². The predicted molar refractivity (Wildman–Crippen MR) is 128 cm³/mol. The molecule has 1 aliphatic rings. The number of hydrogen-bond donors (Lipinski definition) is 0. The van der Waals surface area contributed by atoms with E-state index < -0.39 is 23.7 Å². The quantitative estimate of drug-likeness (QED) is 0.294. The lowest BCUT2D eigenvalue weighted by atomic mass is 9.97. The van der Waals surface area contributed by atoms with Crippen LogP contribution in [-0.2, 0) is 11.3 Å². The van der Waals surface area contributed by atoms with Crippen molar-refractivity contribution in [2.24, 2.45) is 5.92 Å². The molecule has 0 atom stereocenters. The molecule has 200 valence electrons. The third-order valence-corrected chi connectivity index (χ3v) is 5.78. The lowest BCUT2D eigenvalue weighted by molar-refractivity contribution is -0.274. The second kappa shape index (κ2) is 11.6. The van der Waals surface area contributed by atoms with E-state index in [2.05, 4.69) is 9.64 Å². The second-order valence-electron chi connectivity index (χ2n) is 9.82. The van der Waals surface area contributed by atoms with Gasteiger partial charge in [0, 0.05) is 17.6 Å². The molecule has 2 aromatic rings. The van der Waals surface area contributed by atoms with E-state index in [1.54, 1.807) is 26.8 Å². The maximum atomic E-state index is 14.6. The fraction of sp³-hybridized carbons (Fsp3) is 0.462. The molecule has 0 saturated carbocycles. The molecule has 2 aromatic carbocycles. The number of alkyl halides is 3. The van der Waals surface area contributed by atoms with Crippen LogP contribution in [0.2, 0.25) is 5.02 Å². The summed E-state index contributed by atoms with van der Waals surface area (Å²) >= 11 is 5.95.